The van der Waals surface area contributed by atoms with Crippen molar-refractivity contribution in [3.63, 3.8) is 0 Å². The Balaban J connectivity index is 1.60. The van der Waals surface area contributed by atoms with Gasteiger partial charge in [0.2, 0.25) is 0 Å². The summed E-state index contributed by atoms with van der Waals surface area (Å²) in [6.07, 6.45) is 4.84. The molecule has 0 saturated carbocycles. The lowest BCUT2D eigenvalue weighted by molar-refractivity contribution is 0.148. The fraction of sp³-hybridized carbons (Fsp3) is 0.529. The summed E-state index contributed by atoms with van der Waals surface area (Å²) in [6, 6.07) is 10.3. The van der Waals surface area contributed by atoms with Gasteiger partial charge in [0.25, 0.3) is 0 Å². The van der Waals surface area contributed by atoms with Gasteiger partial charge in [-0.1, -0.05) is 42.0 Å². The van der Waals surface area contributed by atoms with Crippen LogP contribution in [0.3, 0.4) is 0 Å². The molecule has 0 spiro atoms. The summed E-state index contributed by atoms with van der Waals surface area (Å²) in [5, 5.41) is 0. The minimum absolute atomic E-state index is 0.115. The maximum atomic E-state index is 5.65. The molecule has 0 aromatic heterocycles. The number of hydrogen-bond donors (Lipinski definition) is 0. The van der Waals surface area contributed by atoms with Crippen LogP contribution in [-0.4, -0.2) is 18.3 Å². The maximum absolute atomic E-state index is 5.65. The van der Waals surface area contributed by atoms with Gasteiger partial charge in [0.05, 0.1) is 24.9 Å². The molecule has 1 heterocycles. The van der Waals surface area contributed by atoms with Gasteiger partial charge in [-0.2, -0.15) is 0 Å². The Kier molecular flexibility index (Phi) is 4.78. The summed E-state index contributed by atoms with van der Waals surface area (Å²) < 4.78 is 11.2. The molecule has 0 amide bonds. The Morgan fingerprint density at radius 3 is 2.63 bits per heavy atom. The van der Waals surface area contributed by atoms with Crippen LogP contribution in [0.15, 0.2) is 42.0 Å². The lowest BCUT2D eigenvalue weighted by Gasteiger charge is -2.03. The molecule has 1 aromatic rings. The van der Waals surface area contributed by atoms with Gasteiger partial charge in [-0.25, -0.2) is 0 Å². The highest BCUT2D eigenvalue weighted by molar-refractivity contribution is 5.13. The second-order valence-electron chi connectivity index (χ2n) is 5.80. The van der Waals surface area contributed by atoms with E-state index in [2.05, 4.69) is 39.0 Å². The predicted molar refractivity (Wildman–Crippen MR) is 78.0 cm³/mol. The van der Waals surface area contributed by atoms with E-state index in [9.17, 15) is 0 Å². The maximum Gasteiger partial charge on any atom is 0.0892 e. The zero-order valence-corrected chi connectivity index (χ0v) is 12.2. The highest BCUT2D eigenvalue weighted by atomic mass is 16.6. The number of epoxide rings is 1. The van der Waals surface area contributed by atoms with Crippen molar-refractivity contribution in [3.8, 4) is 0 Å². The molecular weight excluding hydrogens is 236 g/mol. The van der Waals surface area contributed by atoms with Gasteiger partial charge >= 0.3 is 0 Å². The standard InChI is InChI=1S/C17H24O2/c1-14(9-10-16-17(2,3)19-16)11-12-18-13-15-7-5-4-6-8-15/h4-8,11,16H,9-10,12-13H2,1-3H3/b14-11+/t16-/m0/s1. The van der Waals surface area contributed by atoms with Crippen molar-refractivity contribution in [3.05, 3.63) is 47.5 Å². The summed E-state index contributed by atoms with van der Waals surface area (Å²) in [5.41, 5.74) is 2.73. The molecule has 1 fully saturated rings. The first-order chi connectivity index (χ1) is 9.08. The molecule has 19 heavy (non-hydrogen) atoms. The third kappa shape index (κ3) is 4.81. The van der Waals surface area contributed by atoms with Gasteiger partial charge < -0.3 is 9.47 Å². The van der Waals surface area contributed by atoms with E-state index in [0.29, 0.717) is 19.3 Å². The third-order valence-corrected chi connectivity index (χ3v) is 3.63. The summed E-state index contributed by atoms with van der Waals surface area (Å²) in [4.78, 5) is 0. The molecule has 0 bridgehead atoms. The van der Waals surface area contributed by atoms with Gasteiger partial charge in [0, 0.05) is 0 Å². The normalized spacial score (nSPS) is 21.4. The molecule has 0 aliphatic carbocycles. The lowest BCUT2D eigenvalue weighted by atomic mass is 10.0. The van der Waals surface area contributed by atoms with E-state index < -0.39 is 0 Å². The van der Waals surface area contributed by atoms with E-state index in [1.807, 2.05) is 18.2 Å². The van der Waals surface area contributed by atoms with Crippen molar-refractivity contribution < 1.29 is 9.47 Å². The molecule has 1 aromatic carbocycles. The molecule has 1 aliphatic heterocycles. The van der Waals surface area contributed by atoms with Crippen molar-refractivity contribution in [1.29, 1.82) is 0 Å². The van der Waals surface area contributed by atoms with Crippen molar-refractivity contribution in [1.82, 2.24) is 0 Å². The molecule has 2 nitrogen and oxygen atoms in total. The first-order valence-electron chi connectivity index (χ1n) is 7.03. The van der Waals surface area contributed by atoms with E-state index in [4.69, 9.17) is 9.47 Å². The average molecular weight is 260 g/mol. The summed E-state index contributed by atoms with van der Waals surface area (Å²) in [5.74, 6) is 0. The SMILES string of the molecule is C/C(=C\COCc1ccccc1)CC[C@@H]1OC1(C)C. The number of ether oxygens (including phenoxy) is 2. The monoisotopic (exact) mass is 260 g/mol. The molecule has 0 radical (unpaired) electrons. The van der Waals surface area contributed by atoms with Gasteiger partial charge in [0.15, 0.2) is 0 Å². The van der Waals surface area contributed by atoms with E-state index in [1.165, 1.54) is 11.1 Å². The summed E-state index contributed by atoms with van der Waals surface area (Å²) >= 11 is 0. The van der Waals surface area contributed by atoms with E-state index in [-0.39, 0.29) is 5.60 Å². The smallest absolute Gasteiger partial charge is 0.0892 e. The molecule has 1 saturated heterocycles. The highest BCUT2D eigenvalue weighted by Gasteiger charge is 2.46. The van der Waals surface area contributed by atoms with Crippen LogP contribution in [0.25, 0.3) is 0 Å². The Hall–Kier alpha value is -1.12. The Morgan fingerprint density at radius 2 is 2.00 bits per heavy atom. The Morgan fingerprint density at radius 1 is 1.32 bits per heavy atom. The second kappa shape index (κ2) is 6.36. The van der Waals surface area contributed by atoms with Crippen LogP contribution in [0.2, 0.25) is 0 Å². The fourth-order valence-corrected chi connectivity index (χ4v) is 2.15. The summed E-state index contributed by atoms with van der Waals surface area (Å²) in [7, 11) is 0. The van der Waals surface area contributed by atoms with Gasteiger partial charge in [-0.05, 0) is 39.2 Å². The van der Waals surface area contributed by atoms with Crippen LogP contribution >= 0.6 is 0 Å². The molecule has 2 rings (SSSR count). The molecule has 1 atom stereocenters. The van der Waals surface area contributed by atoms with Crippen LogP contribution < -0.4 is 0 Å². The lowest BCUT2D eigenvalue weighted by Crippen LogP contribution is -2.02. The molecule has 0 N–H and O–H groups in total. The van der Waals surface area contributed by atoms with E-state index in [1.54, 1.807) is 0 Å². The first-order valence-corrected chi connectivity index (χ1v) is 7.03. The zero-order chi connectivity index (χ0) is 13.7. The number of hydrogen-bond acceptors (Lipinski definition) is 2. The summed E-state index contributed by atoms with van der Waals surface area (Å²) in [6.45, 7) is 7.85. The van der Waals surface area contributed by atoms with E-state index >= 15 is 0 Å². The highest BCUT2D eigenvalue weighted by Crippen LogP contribution is 2.38. The third-order valence-electron chi connectivity index (χ3n) is 3.63. The van der Waals surface area contributed by atoms with Crippen LogP contribution in [0, 0.1) is 0 Å². The fourth-order valence-electron chi connectivity index (χ4n) is 2.15. The van der Waals surface area contributed by atoms with Crippen LogP contribution in [0.5, 0.6) is 0 Å². The average Bonchev–Trinajstić information content (AvgIpc) is 3.01. The number of allylic oxidation sites excluding steroid dienone is 1. The minimum Gasteiger partial charge on any atom is -0.373 e. The van der Waals surface area contributed by atoms with Crippen molar-refractivity contribution in [2.24, 2.45) is 0 Å². The molecular formula is C17H24O2. The van der Waals surface area contributed by atoms with Crippen LogP contribution in [0.4, 0.5) is 0 Å². The van der Waals surface area contributed by atoms with E-state index in [0.717, 1.165) is 12.8 Å². The molecule has 1 aliphatic rings. The van der Waals surface area contributed by atoms with Gasteiger partial charge in [0.1, 0.15) is 0 Å². The van der Waals surface area contributed by atoms with Crippen molar-refractivity contribution in [2.75, 3.05) is 6.61 Å². The van der Waals surface area contributed by atoms with Crippen LogP contribution in [-0.2, 0) is 16.1 Å². The van der Waals surface area contributed by atoms with Crippen LogP contribution in [0.1, 0.15) is 39.2 Å². The number of rotatable bonds is 7. The Labute approximate surface area is 116 Å². The van der Waals surface area contributed by atoms with Gasteiger partial charge in [-0.3, -0.25) is 0 Å². The van der Waals surface area contributed by atoms with Gasteiger partial charge in [-0.15, -0.1) is 0 Å². The molecule has 0 unspecified atom stereocenters. The minimum atomic E-state index is 0.115. The number of benzene rings is 1. The Bertz CT molecular complexity index is 420. The molecule has 2 heteroatoms. The predicted octanol–water partition coefficient (Wildman–Crippen LogP) is 4.11. The second-order valence-corrected chi connectivity index (χ2v) is 5.80. The quantitative estimate of drug-likeness (QED) is 0.418. The largest absolute Gasteiger partial charge is 0.373 e. The zero-order valence-electron chi connectivity index (χ0n) is 12.2. The first kappa shape index (κ1) is 14.3. The van der Waals surface area contributed by atoms with Crippen molar-refractivity contribution in [2.45, 2.75) is 51.9 Å². The van der Waals surface area contributed by atoms with Crippen molar-refractivity contribution >= 4 is 0 Å². The molecule has 104 valence electrons. The topological polar surface area (TPSA) is 21.8 Å².